The van der Waals surface area contributed by atoms with Gasteiger partial charge in [-0.25, -0.2) is 9.78 Å². The molecule has 23 heavy (non-hydrogen) atoms. The van der Waals surface area contributed by atoms with Crippen LogP contribution in [-0.2, 0) is 6.54 Å². The van der Waals surface area contributed by atoms with Gasteiger partial charge in [-0.1, -0.05) is 29.8 Å². The lowest BCUT2D eigenvalue weighted by atomic mass is 10.1. The fraction of sp³-hybridized carbons (Fsp3) is 0.188. The predicted molar refractivity (Wildman–Crippen MR) is 90.3 cm³/mol. The van der Waals surface area contributed by atoms with Crippen LogP contribution in [0.15, 0.2) is 30.6 Å². The van der Waals surface area contributed by atoms with E-state index in [1.807, 2.05) is 32.0 Å². The van der Waals surface area contributed by atoms with E-state index in [2.05, 4.69) is 10.1 Å². The first kappa shape index (κ1) is 15.7. The Kier molecular flexibility index (Phi) is 4.19. The van der Waals surface area contributed by atoms with Gasteiger partial charge in [0, 0.05) is 16.6 Å². The fourth-order valence-corrected chi connectivity index (χ4v) is 3.44. The molecule has 0 unspecified atom stereocenters. The summed E-state index contributed by atoms with van der Waals surface area (Å²) in [5.74, 6) is -0.988. The number of aryl methyl sites for hydroxylation is 2. The zero-order chi connectivity index (χ0) is 16.6. The van der Waals surface area contributed by atoms with Gasteiger partial charge in [0.1, 0.15) is 5.01 Å². The van der Waals surface area contributed by atoms with Gasteiger partial charge in [-0.05, 0) is 19.4 Å². The van der Waals surface area contributed by atoms with Crippen molar-refractivity contribution in [1.29, 1.82) is 0 Å². The molecule has 1 aromatic carbocycles. The normalized spacial score (nSPS) is 10.9. The smallest absolute Gasteiger partial charge is 0.338 e. The van der Waals surface area contributed by atoms with Gasteiger partial charge in [0.15, 0.2) is 0 Å². The summed E-state index contributed by atoms with van der Waals surface area (Å²) in [4.78, 5) is 16.6. The molecule has 0 amide bonds. The van der Waals surface area contributed by atoms with E-state index >= 15 is 0 Å². The van der Waals surface area contributed by atoms with Crippen LogP contribution in [0.5, 0.6) is 0 Å². The predicted octanol–water partition coefficient (Wildman–Crippen LogP) is 4.02. The average molecular weight is 348 g/mol. The SMILES string of the molecule is Cc1cccc(-c2nc(Cn3cc(C(=O)O)cn3)c(C)s2)c1Cl. The van der Waals surface area contributed by atoms with Crippen LogP contribution in [0.1, 0.15) is 26.5 Å². The highest BCUT2D eigenvalue weighted by atomic mass is 35.5. The van der Waals surface area contributed by atoms with Gasteiger partial charge < -0.3 is 5.11 Å². The first-order chi connectivity index (χ1) is 11.0. The Morgan fingerprint density at radius 2 is 2.17 bits per heavy atom. The van der Waals surface area contributed by atoms with E-state index in [9.17, 15) is 4.79 Å². The van der Waals surface area contributed by atoms with Crippen LogP contribution < -0.4 is 0 Å². The quantitative estimate of drug-likeness (QED) is 0.773. The van der Waals surface area contributed by atoms with Crippen molar-refractivity contribution in [2.24, 2.45) is 0 Å². The maximum absolute atomic E-state index is 10.9. The van der Waals surface area contributed by atoms with Crippen LogP contribution in [-0.4, -0.2) is 25.8 Å². The molecule has 1 N–H and O–H groups in total. The standard InChI is InChI=1S/C16H14ClN3O2S/c1-9-4-3-5-12(14(9)17)15-19-13(10(2)23-15)8-20-7-11(6-18-20)16(21)22/h3-7H,8H2,1-2H3,(H,21,22). The van der Waals surface area contributed by atoms with Crippen molar-refractivity contribution < 1.29 is 9.90 Å². The number of nitrogens with zero attached hydrogens (tertiary/aromatic N) is 3. The summed E-state index contributed by atoms with van der Waals surface area (Å²) >= 11 is 7.94. The lowest BCUT2D eigenvalue weighted by Crippen LogP contribution is -2.02. The van der Waals surface area contributed by atoms with Crippen molar-refractivity contribution in [2.45, 2.75) is 20.4 Å². The van der Waals surface area contributed by atoms with Crippen LogP contribution in [0.4, 0.5) is 0 Å². The van der Waals surface area contributed by atoms with Crippen molar-refractivity contribution in [2.75, 3.05) is 0 Å². The van der Waals surface area contributed by atoms with Gasteiger partial charge in [0.2, 0.25) is 0 Å². The molecular formula is C16H14ClN3O2S. The number of carbonyl (C=O) groups is 1. The van der Waals surface area contributed by atoms with Crippen LogP contribution >= 0.6 is 22.9 Å². The summed E-state index contributed by atoms with van der Waals surface area (Å²) in [5, 5.41) is 14.6. The van der Waals surface area contributed by atoms with Gasteiger partial charge in [-0.15, -0.1) is 11.3 Å². The molecule has 5 nitrogen and oxygen atoms in total. The molecule has 0 atom stereocenters. The van der Waals surface area contributed by atoms with Crippen LogP contribution in [0.2, 0.25) is 5.02 Å². The molecule has 0 saturated heterocycles. The van der Waals surface area contributed by atoms with E-state index in [1.165, 1.54) is 12.4 Å². The number of benzene rings is 1. The summed E-state index contributed by atoms with van der Waals surface area (Å²) in [6, 6.07) is 5.87. The van der Waals surface area contributed by atoms with Crippen molar-refractivity contribution >= 4 is 28.9 Å². The third kappa shape index (κ3) is 3.13. The molecule has 0 aliphatic carbocycles. The molecule has 2 aromatic heterocycles. The van der Waals surface area contributed by atoms with Crippen molar-refractivity contribution in [3.8, 4) is 10.6 Å². The number of carboxylic acids is 1. The van der Waals surface area contributed by atoms with Gasteiger partial charge >= 0.3 is 5.97 Å². The van der Waals surface area contributed by atoms with E-state index in [4.69, 9.17) is 16.7 Å². The number of aromatic nitrogens is 3. The molecule has 0 aliphatic rings. The Hall–Kier alpha value is -2.18. The Morgan fingerprint density at radius 3 is 2.87 bits per heavy atom. The molecule has 0 radical (unpaired) electrons. The molecular weight excluding hydrogens is 334 g/mol. The van der Waals surface area contributed by atoms with E-state index in [-0.39, 0.29) is 5.56 Å². The zero-order valence-electron chi connectivity index (χ0n) is 12.6. The van der Waals surface area contributed by atoms with E-state index in [0.717, 1.165) is 26.7 Å². The maximum atomic E-state index is 10.9. The second kappa shape index (κ2) is 6.14. The number of rotatable bonds is 4. The van der Waals surface area contributed by atoms with Crippen LogP contribution in [0, 0.1) is 13.8 Å². The van der Waals surface area contributed by atoms with Crippen LogP contribution in [0.25, 0.3) is 10.6 Å². The first-order valence-corrected chi connectivity index (χ1v) is 8.12. The fourth-order valence-electron chi connectivity index (χ4n) is 2.22. The van der Waals surface area contributed by atoms with Gasteiger partial charge in [0.25, 0.3) is 0 Å². The number of hydrogen-bond acceptors (Lipinski definition) is 4. The second-order valence-corrected chi connectivity index (χ2v) is 6.77. The molecule has 0 fully saturated rings. The van der Waals surface area contributed by atoms with E-state index in [0.29, 0.717) is 11.6 Å². The molecule has 2 heterocycles. The molecule has 0 aliphatic heterocycles. The summed E-state index contributed by atoms with van der Waals surface area (Å²) in [6.07, 6.45) is 2.84. The topological polar surface area (TPSA) is 68.0 Å². The first-order valence-electron chi connectivity index (χ1n) is 6.93. The molecule has 0 bridgehead atoms. The molecule has 7 heteroatoms. The van der Waals surface area contributed by atoms with Crippen molar-refractivity contribution in [3.05, 3.63) is 57.3 Å². The lowest BCUT2D eigenvalue weighted by molar-refractivity contribution is 0.0697. The summed E-state index contributed by atoms with van der Waals surface area (Å²) in [7, 11) is 0. The minimum absolute atomic E-state index is 0.167. The summed E-state index contributed by atoms with van der Waals surface area (Å²) in [5.41, 5.74) is 2.96. The largest absolute Gasteiger partial charge is 0.478 e. The number of thiazole rings is 1. The number of carboxylic acid groups (broad SMARTS) is 1. The highest BCUT2D eigenvalue weighted by Gasteiger charge is 2.14. The Morgan fingerprint density at radius 1 is 1.39 bits per heavy atom. The summed E-state index contributed by atoms with van der Waals surface area (Å²) < 4.78 is 1.58. The Balaban J connectivity index is 1.91. The monoisotopic (exact) mass is 347 g/mol. The Bertz CT molecular complexity index is 885. The average Bonchev–Trinajstić information content (AvgIpc) is 3.10. The molecule has 3 aromatic rings. The number of halogens is 1. The number of hydrogen-bond donors (Lipinski definition) is 1. The Labute approximate surface area is 142 Å². The lowest BCUT2D eigenvalue weighted by Gasteiger charge is -2.03. The van der Waals surface area contributed by atoms with Gasteiger partial charge in [0.05, 0.1) is 29.0 Å². The minimum atomic E-state index is -0.988. The maximum Gasteiger partial charge on any atom is 0.338 e. The van der Waals surface area contributed by atoms with Crippen LogP contribution in [0.3, 0.4) is 0 Å². The second-order valence-electron chi connectivity index (χ2n) is 5.19. The third-order valence-electron chi connectivity index (χ3n) is 3.51. The van der Waals surface area contributed by atoms with E-state index < -0.39 is 5.97 Å². The minimum Gasteiger partial charge on any atom is -0.478 e. The van der Waals surface area contributed by atoms with Gasteiger partial charge in [-0.3, -0.25) is 4.68 Å². The number of aromatic carboxylic acids is 1. The van der Waals surface area contributed by atoms with Crippen molar-refractivity contribution in [3.63, 3.8) is 0 Å². The molecule has 3 rings (SSSR count). The summed E-state index contributed by atoms with van der Waals surface area (Å²) in [6.45, 7) is 4.38. The molecule has 0 spiro atoms. The van der Waals surface area contributed by atoms with Gasteiger partial charge in [-0.2, -0.15) is 5.10 Å². The van der Waals surface area contributed by atoms with E-state index in [1.54, 1.807) is 16.0 Å². The molecule has 0 saturated carbocycles. The highest BCUT2D eigenvalue weighted by Crippen LogP contribution is 2.34. The highest BCUT2D eigenvalue weighted by molar-refractivity contribution is 7.15. The van der Waals surface area contributed by atoms with Crippen molar-refractivity contribution in [1.82, 2.24) is 14.8 Å². The third-order valence-corrected chi connectivity index (χ3v) is 5.05. The molecule has 118 valence electrons. The zero-order valence-corrected chi connectivity index (χ0v) is 14.1.